The van der Waals surface area contributed by atoms with Crippen molar-refractivity contribution in [1.82, 2.24) is 0 Å². The molecule has 416 valence electrons. The van der Waals surface area contributed by atoms with E-state index >= 15 is 0 Å². The zero-order valence-corrected chi connectivity index (χ0v) is 53.1. The van der Waals surface area contributed by atoms with Crippen LogP contribution in [0, 0.1) is 40.0 Å². The first-order chi connectivity index (χ1) is 32.9. The average Bonchev–Trinajstić information content (AvgIpc) is 4.00. The summed E-state index contributed by atoms with van der Waals surface area (Å²) in [6, 6.07) is 27.2. The van der Waals surface area contributed by atoms with Gasteiger partial charge in [-0.2, -0.15) is 6.67 Å². The molecule has 0 N–H and O–H groups in total. The topological polar surface area (TPSA) is 13.0 Å². The number of hydrogen-bond acceptors (Lipinski definition) is 4. The van der Waals surface area contributed by atoms with E-state index in [-0.39, 0.29) is 14.9 Å². The van der Waals surface area contributed by atoms with Gasteiger partial charge < -0.3 is 34.5 Å². The number of nitrogens with zero attached hydrogens (tertiary/aromatic N) is 4. The summed E-state index contributed by atoms with van der Waals surface area (Å²) >= 11 is 6.69. The van der Waals surface area contributed by atoms with Crippen molar-refractivity contribution < 1.29 is 29.1 Å². The van der Waals surface area contributed by atoms with E-state index in [9.17, 15) is 0 Å². The Labute approximate surface area is 471 Å². The molecule has 1 fully saturated rings. The molecule has 4 nitrogen and oxygen atoms in total. The second-order valence-corrected chi connectivity index (χ2v) is 22.6. The molecule has 4 aromatic rings. The van der Waals surface area contributed by atoms with Crippen molar-refractivity contribution in [3.63, 3.8) is 0 Å². The van der Waals surface area contributed by atoms with E-state index < -0.39 is 0 Å². The Morgan fingerprint density at radius 2 is 0.486 bits per heavy atom. The molecule has 2 heterocycles. The summed E-state index contributed by atoms with van der Waals surface area (Å²) in [6.45, 7) is 56.4. The van der Waals surface area contributed by atoms with E-state index in [1.165, 1.54) is 67.3 Å². The van der Waals surface area contributed by atoms with E-state index in [1.54, 1.807) is 0 Å². The van der Waals surface area contributed by atoms with Crippen LogP contribution in [-0.2, 0) is 29.1 Å². The van der Waals surface area contributed by atoms with Gasteiger partial charge in [0.1, 0.15) is 0 Å². The Kier molecular flexibility index (Phi) is 35.3. The predicted molar refractivity (Wildman–Crippen MR) is 321 cm³/mol. The number of hydrogen-bond donors (Lipinski definition) is 0. The van der Waals surface area contributed by atoms with Gasteiger partial charge in [0.2, 0.25) is 0 Å². The molecular weight excluding hydrogens is 1010 g/mol. The van der Waals surface area contributed by atoms with Crippen molar-refractivity contribution >= 4 is 43.1 Å². The molecule has 0 amide bonds. The normalized spacial score (nSPS) is 13.0. The molecule has 0 unspecified atom stereocenters. The minimum atomic E-state index is 0. The predicted octanol–water partition coefficient (Wildman–Crippen LogP) is 21.3. The first-order valence-corrected chi connectivity index (χ1v) is 28.9. The van der Waals surface area contributed by atoms with Crippen molar-refractivity contribution in [3.05, 3.63) is 158 Å². The van der Waals surface area contributed by atoms with Crippen LogP contribution in [0.3, 0.4) is 0 Å². The molecule has 2 aliphatic rings. The Hall–Kier alpha value is -2.61. The van der Waals surface area contributed by atoms with Crippen LogP contribution < -0.4 is 19.6 Å². The molecule has 4 aromatic carbocycles. The van der Waals surface area contributed by atoms with Crippen LogP contribution in [0.2, 0.25) is 0 Å². The van der Waals surface area contributed by atoms with Crippen molar-refractivity contribution in [1.29, 1.82) is 0 Å². The molecular formula is C64H102Cl2N4Ni2-4. The molecule has 1 saturated heterocycles. The van der Waals surface area contributed by atoms with Crippen LogP contribution in [0.25, 0.3) is 0 Å². The fourth-order valence-electron chi connectivity index (χ4n) is 8.76. The third kappa shape index (κ3) is 20.8. The summed E-state index contributed by atoms with van der Waals surface area (Å²) < 4.78 is 0. The van der Waals surface area contributed by atoms with Gasteiger partial charge in [-0.1, -0.05) is 225 Å². The second kappa shape index (κ2) is 35.6. The van der Waals surface area contributed by atoms with Gasteiger partial charge in [0.15, 0.2) is 0 Å². The summed E-state index contributed by atoms with van der Waals surface area (Å²) in [4.78, 5) is 9.66. The summed E-state index contributed by atoms with van der Waals surface area (Å²) in [5.41, 5.74) is 17.0. The molecule has 0 aromatic heterocycles. The zero-order valence-electron chi connectivity index (χ0n) is 49.6. The SMILES string of the molecule is CC(C)C.CC(C)C.CC(C)c1cccc(C(C)C)c1N1C=CN(c2c(C(C)C)cccc2C(C)C)[CH-]1.CC(C)c1cccc(C(C)C)c1N1[CH-]N(c2c(C(C)C)cccc2C(C)C)CC1.[CH3-].[CH3-].[Cl][Ni].[Cl][Ni]. The van der Waals surface area contributed by atoms with Crippen LogP contribution in [0.1, 0.15) is 244 Å². The van der Waals surface area contributed by atoms with E-state index in [0.29, 0.717) is 47.3 Å². The molecule has 0 radical (unpaired) electrons. The van der Waals surface area contributed by atoms with Gasteiger partial charge in [-0.15, -0.1) is 6.67 Å². The summed E-state index contributed by atoms with van der Waals surface area (Å²) in [7, 11) is 8.53. The van der Waals surface area contributed by atoms with E-state index in [0.717, 1.165) is 24.9 Å². The van der Waals surface area contributed by atoms with Crippen molar-refractivity contribution in [2.24, 2.45) is 11.8 Å². The first-order valence-electron chi connectivity index (χ1n) is 26.1. The van der Waals surface area contributed by atoms with Gasteiger partial charge in [-0.05, 0) is 116 Å². The van der Waals surface area contributed by atoms with Crippen molar-refractivity contribution in [2.75, 3.05) is 32.7 Å². The second-order valence-electron chi connectivity index (χ2n) is 22.6. The molecule has 0 spiro atoms. The quantitative estimate of drug-likeness (QED) is 0.104. The Morgan fingerprint density at radius 3 is 0.653 bits per heavy atom. The third-order valence-corrected chi connectivity index (χ3v) is 12.0. The number of para-hydroxylation sites is 4. The maximum atomic E-state index is 4.26. The van der Waals surface area contributed by atoms with Gasteiger partial charge in [0.25, 0.3) is 0 Å². The van der Waals surface area contributed by atoms with Crippen LogP contribution in [0.15, 0.2) is 85.2 Å². The summed E-state index contributed by atoms with van der Waals surface area (Å²) in [5.74, 6) is 5.64. The average molecular weight is 1120 g/mol. The van der Waals surface area contributed by atoms with Crippen molar-refractivity contribution in [3.8, 4) is 0 Å². The number of halogens is 2. The number of benzene rings is 4. The maximum absolute atomic E-state index is 4.26. The van der Waals surface area contributed by atoms with Gasteiger partial charge in [-0.3, -0.25) is 0 Å². The van der Waals surface area contributed by atoms with Crippen LogP contribution in [-0.4, -0.2) is 13.1 Å². The molecule has 0 aliphatic carbocycles. The van der Waals surface area contributed by atoms with Gasteiger partial charge in [0.05, 0.1) is 0 Å². The summed E-state index contributed by atoms with van der Waals surface area (Å²) in [6.07, 6.45) is 4.43. The fourth-order valence-corrected chi connectivity index (χ4v) is 8.76. The molecule has 0 bridgehead atoms. The molecule has 0 atom stereocenters. The van der Waals surface area contributed by atoms with Gasteiger partial charge >= 0.3 is 49.5 Å². The zero-order chi connectivity index (χ0) is 53.7. The molecule has 72 heavy (non-hydrogen) atoms. The molecule has 8 heteroatoms. The van der Waals surface area contributed by atoms with Crippen LogP contribution >= 0.6 is 20.4 Å². The monoisotopic (exact) mass is 1110 g/mol. The van der Waals surface area contributed by atoms with Crippen LogP contribution in [0.5, 0.6) is 0 Å². The Balaban J connectivity index is 0. The van der Waals surface area contributed by atoms with E-state index in [4.69, 9.17) is 0 Å². The van der Waals surface area contributed by atoms with Gasteiger partial charge in [-0.25, -0.2) is 0 Å². The molecule has 2 aliphatic heterocycles. The Bertz CT molecular complexity index is 1860. The third-order valence-electron chi connectivity index (χ3n) is 12.0. The molecule has 6 rings (SSSR count). The van der Waals surface area contributed by atoms with E-state index in [1.807, 2.05) is 0 Å². The molecule has 0 saturated carbocycles. The van der Waals surface area contributed by atoms with Gasteiger partial charge in [0, 0.05) is 35.8 Å². The Morgan fingerprint density at radius 1 is 0.319 bits per heavy atom. The van der Waals surface area contributed by atoms with E-state index in [2.05, 4.69) is 320 Å². The van der Waals surface area contributed by atoms with Crippen molar-refractivity contribution in [2.45, 2.75) is 200 Å². The fraction of sp³-hybridized carbons (Fsp3) is 0.531. The first kappa shape index (κ1) is 71.5. The number of anilines is 4. The number of rotatable bonds is 12. The van der Waals surface area contributed by atoms with Crippen LogP contribution in [0.4, 0.5) is 22.7 Å². The standard InChI is InChI=1S/C27H39N2.C27H37N2.2C4H10.2CH3.2ClH.2Ni/c2*1-18(2)22-11-9-12-23(19(3)4)26(22)28-15-16-29(17-28)27-24(20(5)6)13-10-14-25(27)21(7)8;2*1-4(2)3;;;;;;/h9-14,17-21H,15-16H2,1-8H3;9-21H,1-8H3;2*4H,1-3H3;2*1H3;2*1H;;/q2*-1;;;2*-1;;;2*+1/p-2. The summed E-state index contributed by atoms with van der Waals surface area (Å²) in [5, 5.41) is 0. The minimum absolute atomic E-state index is 0.